The van der Waals surface area contributed by atoms with Crippen molar-refractivity contribution in [3.05, 3.63) is 59.4 Å². The molecule has 0 radical (unpaired) electrons. The van der Waals surface area contributed by atoms with Gasteiger partial charge in [0.25, 0.3) is 0 Å². The lowest BCUT2D eigenvalue weighted by Gasteiger charge is -2.12. The molecule has 0 amide bonds. The second-order valence-electron chi connectivity index (χ2n) is 4.45. The lowest BCUT2D eigenvalue weighted by Crippen LogP contribution is -1.98. The Balaban J connectivity index is 2.12. The Hall–Kier alpha value is -1.76. The number of hydrogen-bond donors (Lipinski definition) is 0. The second kappa shape index (κ2) is 3.38. The molecule has 16 heavy (non-hydrogen) atoms. The average Bonchev–Trinajstić information content (AvgIpc) is 2.84. The predicted octanol–water partition coefficient (Wildman–Crippen LogP) is 3.68. The van der Waals surface area contributed by atoms with Crippen LogP contribution in [0.1, 0.15) is 29.7 Å². The molecule has 80 valence electrons. The minimum atomic E-state index is 0.504. The van der Waals surface area contributed by atoms with Crippen molar-refractivity contribution in [1.29, 1.82) is 0 Å². The molecule has 0 aliphatic heterocycles. The number of fused-ring (bicyclic) bond motifs is 1. The van der Waals surface area contributed by atoms with Crippen molar-refractivity contribution in [3.8, 4) is 0 Å². The highest BCUT2D eigenvalue weighted by molar-refractivity contribution is 5.90. The molecular weight excluding hydrogens is 194 g/mol. The highest BCUT2D eigenvalue weighted by Gasteiger charge is 2.22. The van der Waals surface area contributed by atoms with Gasteiger partial charge in [-0.25, -0.2) is 0 Å². The molecule has 1 aliphatic carbocycles. The molecule has 0 saturated heterocycles. The lowest BCUT2D eigenvalue weighted by molar-refractivity contribution is 0.885. The van der Waals surface area contributed by atoms with Crippen molar-refractivity contribution in [3.63, 3.8) is 0 Å². The van der Waals surface area contributed by atoms with Gasteiger partial charge in [0.05, 0.1) is 0 Å². The molecule has 0 N–H and O–H groups in total. The third-order valence-electron chi connectivity index (χ3n) is 3.48. The van der Waals surface area contributed by atoms with Gasteiger partial charge < -0.3 is 4.57 Å². The van der Waals surface area contributed by atoms with Gasteiger partial charge in [0.15, 0.2) is 0 Å². The number of hydrogen-bond acceptors (Lipinski definition) is 0. The van der Waals surface area contributed by atoms with E-state index in [2.05, 4.69) is 67.2 Å². The molecule has 0 fully saturated rings. The first-order valence-corrected chi connectivity index (χ1v) is 5.69. The van der Waals surface area contributed by atoms with Crippen molar-refractivity contribution in [1.82, 2.24) is 4.57 Å². The number of allylic oxidation sites excluding steroid dienone is 1. The molecule has 1 aliphatic rings. The van der Waals surface area contributed by atoms with E-state index in [0.717, 1.165) is 0 Å². The van der Waals surface area contributed by atoms with Crippen LogP contribution in [-0.4, -0.2) is 4.57 Å². The van der Waals surface area contributed by atoms with E-state index in [9.17, 15) is 0 Å². The van der Waals surface area contributed by atoms with E-state index in [0.29, 0.717) is 5.92 Å². The molecule has 0 bridgehead atoms. The molecule has 2 aromatic rings. The molecule has 3 rings (SSSR count). The van der Waals surface area contributed by atoms with Gasteiger partial charge in [-0.2, -0.15) is 0 Å². The molecule has 1 heteroatoms. The Morgan fingerprint density at radius 1 is 1.06 bits per heavy atom. The maximum Gasteiger partial charge on any atom is 0.0442 e. The van der Waals surface area contributed by atoms with Gasteiger partial charge >= 0.3 is 0 Å². The van der Waals surface area contributed by atoms with Crippen molar-refractivity contribution in [2.24, 2.45) is 7.05 Å². The van der Waals surface area contributed by atoms with Crippen LogP contribution in [0.3, 0.4) is 0 Å². The Labute approximate surface area is 96.0 Å². The Bertz CT molecular complexity index is 560. The van der Waals surface area contributed by atoms with Crippen LogP contribution >= 0.6 is 0 Å². The van der Waals surface area contributed by atoms with Crippen molar-refractivity contribution in [2.45, 2.75) is 12.8 Å². The lowest BCUT2D eigenvalue weighted by atomic mass is 9.96. The smallest absolute Gasteiger partial charge is 0.0442 e. The van der Waals surface area contributed by atoms with Crippen LogP contribution in [0.2, 0.25) is 0 Å². The first-order valence-electron chi connectivity index (χ1n) is 5.69. The molecule has 1 heterocycles. The minimum absolute atomic E-state index is 0.504. The van der Waals surface area contributed by atoms with Crippen LogP contribution in [-0.2, 0) is 7.05 Å². The zero-order valence-corrected chi connectivity index (χ0v) is 9.64. The summed E-state index contributed by atoms with van der Waals surface area (Å²) in [4.78, 5) is 0. The molecular formula is C15H15N. The quantitative estimate of drug-likeness (QED) is 0.675. The molecule has 0 saturated carbocycles. The summed E-state index contributed by atoms with van der Waals surface area (Å²) in [5, 5.41) is 0. The van der Waals surface area contributed by atoms with Gasteiger partial charge in [0.1, 0.15) is 0 Å². The minimum Gasteiger partial charge on any atom is -0.351 e. The van der Waals surface area contributed by atoms with Crippen LogP contribution in [0.5, 0.6) is 0 Å². The fraction of sp³-hybridized carbons (Fsp3) is 0.200. The number of rotatable bonds is 1. The SMILES string of the molecule is CC1C(c2cccn2C)=Cc2ccccc21. The average molecular weight is 209 g/mol. The largest absolute Gasteiger partial charge is 0.351 e. The fourth-order valence-electron chi connectivity index (χ4n) is 2.55. The zero-order chi connectivity index (χ0) is 11.1. The van der Waals surface area contributed by atoms with E-state index in [-0.39, 0.29) is 0 Å². The summed E-state index contributed by atoms with van der Waals surface area (Å²) in [6.45, 7) is 2.28. The maximum atomic E-state index is 2.31. The molecule has 1 aromatic carbocycles. The van der Waals surface area contributed by atoms with Crippen LogP contribution in [0.25, 0.3) is 11.6 Å². The standard InChI is InChI=1S/C15H15N/c1-11-13-7-4-3-6-12(13)10-14(11)15-8-5-9-16(15)2/h3-11H,1-2H3. The number of benzene rings is 1. The first-order chi connectivity index (χ1) is 7.77. The van der Waals surface area contributed by atoms with E-state index in [1.165, 1.54) is 22.4 Å². The van der Waals surface area contributed by atoms with Gasteiger partial charge in [-0.15, -0.1) is 0 Å². The highest BCUT2D eigenvalue weighted by atomic mass is 14.9. The first kappa shape index (κ1) is 9.46. The second-order valence-corrected chi connectivity index (χ2v) is 4.45. The number of nitrogens with zero attached hydrogens (tertiary/aromatic N) is 1. The van der Waals surface area contributed by atoms with Crippen molar-refractivity contribution >= 4 is 11.6 Å². The van der Waals surface area contributed by atoms with Crippen LogP contribution in [0.15, 0.2) is 42.6 Å². The fourth-order valence-corrected chi connectivity index (χ4v) is 2.55. The molecule has 0 spiro atoms. The third kappa shape index (κ3) is 1.25. The monoisotopic (exact) mass is 209 g/mol. The van der Waals surface area contributed by atoms with Crippen LogP contribution in [0, 0.1) is 0 Å². The molecule has 1 unspecified atom stereocenters. The topological polar surface area (TPSA) is 4.93 Å². The summed E-state index contributed by atoms with van der Waals surface area (Å²) in [6.07, 6.45) is 4.42. The van der Waals surface area contributed by atoms with Gasteiger partial charge in [0, 0.05) is 24.9 Å². The maximum absolute atomic E-state index is 2.31. The summed E-state index contributed by atoms with van der Waals surface area (Å²) in [5.74, 6) is 0.504. The summed E-state index contributed by atoms with van der Waals surface area (Å²) in [7, 11) is 2.10. The van der Waals surface area contributed by atoms with E-state index in [4.69, 9.17) is 0 Å². The summed E-state index contributed by atoms with van der Waals surface area (Å²) in [5.41, 5.74) is 5.56. The Morgan fingerprint density at radius 2 is 1.88 bits per heavy atom. The summed E-state index contributed by atoms with van der Waals surface area (Å²) in [6, 6.07) is 12.9. The predicted molar refractivity (Wildman–Crippen MR) is 68.1 cm³/mol. The molecule has 1 aromatic heterocycles. The number of aryl methyl sites for hydroxylation is 1. The normalized spacial score (nSPS) is 18.4. The van der Waals surface area contributed by atoms with Gasteiger partial charge in [0.2, 0.25) is 0 Å². The highest BCUT2D eigenvalue weighted by Crippen LogP contribution is 2.41. The van der Waals surface area contributed by atoms with Crippen LogP contribution < -0.4 is 0 Å². The van der Waals surface area contributed by atoms with Crippen molar-refractivity contribution < 1.29 is 0 Å². The van der Waals surface area contributed by atoms with Gasteiger partial charge in [-0.05, 0) is 34.9 Å². The summed E-state index contributed by atoms with van der Waals surface area (Å²) < 4.78 is 2.19. The van der Waals surface area contributed by atoms with E-state index >= 15 is 0 Å². The van der Waals surface area contributed by atoms with E-state index < -0.39 is 0 Å². The van der Waals surface area contributed by atoms with Crippen molar-refractivity contribution in [2.75, 3.05) is 0 Å². The van der Waals surface area contributed by atoms with Gasteiger partial charge in [-0.1, -0.05) is 31.2 Å². The van der Waals surface area contributed by atoms with E-state index in [1.54, 1.807) is 0 Å². The van der Waals surface area contributed by atoms with Crippen LogP contribution in [0.4, 0.5) is 0 Å². The molecule has 1 atom stereocenters. The number of aromatic nitrogens is 1. The summed E-state index contributed by atoms with van der Waals surface area (Å²) >= 11 is 0. The third-order valence-corrected chi connectivity index (χ3v) is 3.48. The van der Waals surface area contributed by atoms with E-state index in [1.807, 2.05) is 0 Å². The van der Waals surface area contributed by atoms with Gasteiger partial charge in [-0.3, -0.25) is 0 Å². The Morgan fingerprint density at radius 3 is 2.56 bits per heavy atom. The zero-order valence-electron chi connectivity index (χ0n) is 9.64. The molecule has 1 nitrogen and oxygen atoms in total. The Kier molecular flexibility index (Phi) is 2.00.